The van der Waals surface area contributed by atoms with Crippen molar-refractivity contribution in [3.05, 3.63) is 87.5 Å². The van der Waals surface area contributed by atoms with Crippen LogP contribution in [0.25, 0.3) is 0 Å². The lowest BCUT2D eigenvalue weighted by Gasteiger charge is -2.29. The molecule has 0 aliphatic heterocycles. The molecule has 3 aromatic rings. The first kappa shape index (κ1) is 24.1. The summed E-state index contributed by atoms with van der Waals surface area (Å²) in [4.78, 5) is 19.2. The Morgan fingerprint density at radius 3 is 2.31 bits per heavy atom. The molecule has 5 nitrogen and oxygen atoms in total. The maximum absolute atomic E-state index is 12.8. The van der Waals surface area contributed by atoms with Crippen molar-refractivity contribution >= 4 is 40.6 Å². The van der Waals surface area contributed by atoms with E-state index in [4.69, 9.17) is 23.2 Å². The first-order chi connectivity index (χ1) is 15.1. The van der Waals surface area contributed by atoms with Crippen LogP contribution in [0.3, 0.4) is 0 Å². The summed E-state index contributed by atoms with van der Waals surface area (Å²) in [5, 5.41) is 7.12. The van der Waals surface area contributed by atoms with E-state index in [-0.39, 0.29) is 11.3 Å². The van der Waals surface area contributed by atoms with Gasteiger partial charge in [0.2, 0.25) is 0 Å². The molecule has 0 aliphatic carbocycles. The van der Waals surface area contributed by atoms with Crippen LogP contribution in [0.1, 0.15) is 35.3 Å². The van der Waals surface area contributed by atoms with Crippen LogP contribution in [-0.2, 0) is 12.0 Å². The zero-order valence-corrected chi connectivity index (χ0v) is 20.3. The molecular weight excluding hydrogens is 443 g/mol. The van der Waals surface area contributed by atoms with Crippen molar-refractivity contribution in [2.45, 2.75) is 25.8 Å². The molecule has 1 heterocycles. The van der Waals surface area contributed by atoms with Gasteiger partial charge in [0.1, 0.15) is 5.82 Å². The van der Waals surface area contributed by atoms with E-state index in [0.29, 0.717) is 33.7 Å². The monoisotopic (exact) mass is 470 g/mol. The number of hydrogen-bond acceptors (Lipinski definition) is 4. The van der Waals surface area contributed by atoms with Gasteiger partial charge in [0, 0.05) is 35.4 Å². The SMILES string of the molecule is CN(C)CC(C)(C)c1ccc(CNc2ccc(Cl)cc2C(=O)Nc2ccc(Cl)cn2)cc1. The summed E-state index contributed by atoms with van der Waals surface area (Å²) in [6.07, 6.45) is 1.48. The van der Waals surface area contributed by atoms with Crippen LogP contribution < -0.4 is 10.6 Å². The normalized spacial score (nSPS) is 11.5. The van der Waals surface area contributed by atoms with E-state index in [1.807, 2.05) is 0 Å². The Kier molecular flexibility index (Phi) is 7.77. The van der Waals surface area contributed by atoms with Crippen molar-refractivity contribution in [1.29, 1.82) is 0 Å². The Morgan fingerprint density at radius 1 is 1.00 bits per heavy atom. The van der Waals surface area contributed by atoms with Crippen molar-refractivity contribution in [3.63, 3.8) is 0 Å². The molecule has 7 heteroatoms. The van der Waals surface area contributed by atoms with Gasteiger partial charge in [0.25, 0.3) is 5.91 Å². The molecule has 2 aromatic carbocycles. The molecule has 0 fully saturated rings. The molecule has 1 amide bonds. The predicted molar refractivity (Wildman–Crippen MR) is 134 cm³/mol. The summed E-state index contributed by atoms with van der Waals surface area (Å²) in [5.74, 6) is 0.117. The predicted octanol–water partition coefficient (Wildman–Crippen LogP) is 6.09. The molecule has 0 radical (unpaired) electrons. The number of amides is 1. The van der Waals surface area contributed by atoms with Gasteiger partial charge in [-0.25, -0.2) is 4.98 Å². The Morgan fingerprint density at radius 2 is 1.69 bits per heavy atom. The molecule has 0 aliphatic rings. The minimum atomic E-state index is -0.300. The van der Waals surface area contributed by atoms with Crippen LogP contribution in [0, 0.1) is 0 Å². The first-order valence-electron chi connectivity index (χ1n) is 10.3. The van der Waals surface area contributed by atoms with Gasteiger partial charge in [-0.05, 0) is 55.6 Å². The van der Waals surface area contributed by atoms with Gasteiger partial charge in [-0.1, -0.05) is 61.3 Å². The van der Waals surface area contributed by atoms with E-state index in [9.17, 15) is 4.79 Å². The second-order valence-electron chi connectivity index (χ2n) is 8.68. The quantitative estimate of drug-likeness (QED) is 0.417. The van der Waals surface area contributed by atoms with Crippen LogP contribution in [0.15, 0.2) is 60.8 Å². The second-order valence-corrected chi connectivity index (χ2v) is 9.55. The van der Waals surface area contributed by atoms with Crippen LogP contribution in [0.2, 0.25) is 10.0 Å². The maximum Gasteiger partial charge on any atom is 0.258 e. The molecule has 168 valence electrons. The van der Waals surface area contributed by atoms with Gasteiger partial charge < -0.3 is 15.5 Å². The molecule has 2 N–H and O–H groups in total. The number of rotatable bonds is 8. The van der Waals surface area contributed by atoms with Gasteiger partial charge in [0.15, 0.2) is 0 Å². The summed E-state index contributed by atoms with van der Waals surface area (Å²) in [6.45, 7) is 6.04. The van der Waals surface area contributed by atoms with Crippen LogP contribution in [0.5, 0.6) is 0 Å². The van der Waals surface area contributed by atoms with Gasteiger partial charge >= 0.3 is 0 Å². The third-order valence-corrected chi connectivity index (χ3v) is 5.58. The fourth-order valence-corrected chi connectivity index (χ4v) is 3.93. The highest BCUT2D eigenvalue weighted by atomic mass is 35.5. The number of aromatic nitrogens is 1. The van der Waals surface area contributed by atoms with Gasteiger partial charge in [0.05, 0.1) is 10.6 Å². The molecule has 1 aromatic heterocycles. The van der Waals surface area contributed by atoms with Gasteiger partial charge in [-0.2, -0.15) is 0 Å². The fraction of sp³-hybridized carbons (Fsp3) is 0.280. The molecule has 0 bridgehead atoms. The summed E-state index contributed by atoms with van der Waals surface area (Å²) in [6, 6.07) is 17.1. The highest BCUT2D eigenvalue weighted by Gasteiger charge is 2.21. The Bertz CT molecular complexity index is 1060. The lowest BCUT2D eigenvalue weighted by Crippen LogP contribution is -2.32. The Balaban J connectivity index is 1.71. The standard InChI is InChI=1S/C25H28Cl2N4O/c1-25(2,16-31(3)4)18-7-5-17(6-8-18)14-28-22-11-9-19(26)13-21(22)24(32)30-23-12-10-20(27)15-29-23/h5-13,15,28H,14,16H2,1-4H3,(H,29,30,32). The van der Waals surface area contributed by atoms with Crippen molar-refractivity contribution in [3.8, 4) is 0 Å². The topological polar surface area (TPSA) is 57.3 Å². The third kappa shape index (κ3) is 6.45. The fourth-order valence-electron chi connectivity index (χ4n) is 3.64. The number of carbonyl (C=O) groups is 1. The number of likely N-dealkylation sites (N-methyl/N-ethyl adjacent to an activating group) is 1. The van der Waals surface area contributed by atoms with Crippen molar-refractivity contribution in [1.82, 2.24) is 9.88 Å². The number of benzene rings is 2. The summed E-state index contributed by atoms with van der Waals surface area (Å²) in [5.41, 5.74) is 3.61. The molecule has 0 spiro atoms. The number of carbonyl (C=O) groups excluding carboxylic acids is 1. The highest BCUT2D eigenvalue weighted by molar-refractivity contribution is 6.31. The summed E-state index contributed by atoms with van der Waals surface area (Å²) in [7, 11) is 4.17. The van der Waals surface area contributed by atoms with E-state index >= 15 is 0 Å². The smallest absolute Gasteiger partial charge is 0.258 e. The van der Waals surface area contributed by atoms with Gasteiger partial charge in [-0.3, -0.25) is 4.79 Å². The average Bonchev–Trinajstić information content (AvgIpc) is 2.74. The maximum atomic E-state index is 12.8. The van der Waals surface area contributed by atoms with Crippen molar-refractivity contribution < 1.29 is 4.79 Å². The van der Waals surface area contributed by atoms with E-state index in [0.717, 1.165) is 12.1 Å². The minimum Gasteiger partial charge on any atom is -0.380 e. The number of halogens is 2. The molecule has 0 atom stereocenters. The Hall–Kier alpha value is -2.60. The second kappa shape index (κ2) is 10.3. The van der Waals surface area contributed by atoms with Crippen molar-refractivity contribution in [2.75, 3.05) is 31.3 Å². The van der Waals surface area contributed by atoms with E-state index in [1.54, 1.807) is 30.3 Å². The highest BCUT2D eigenvalue weighted by Crippen LogP contribution is 2.26. The van der Waals surface area contributed by atoms with Crippen molar-refractivity contribution in [2.24, 2.45) is 0 Å². The largest absolute Gasteiger partial charge is 0.380 e. The minimum absolute atomic E-state index is 0.0621. The molecule has 0 saturated heterocycles. The lowest BCUT2D eigenvalue weighted by atomic mass is 9.84. The third-order valence-electron chi connectivity index (χ3n) is 5.13. The molecular formula is C25H28Cl2N4O. The van der Waals surface area contributed by atoms with Crippen LogP contribution >= 0.6 is 23.2 Å². The number of anilines is 2. The summed E-state index contributed by atoms with van der Waals surface area (Å²) >= 11 is 12.0. The van der Waals surface area contributed by atoms with Crippen LogP contribution in [-0.4, -0.2) is 36.4 Å². The number of nitrogens with one attached hydrogen (secondary N) is 2. The zero-order valence-electron chi connectivity index (χ0n) is 18.7. The van der Waals surface area contributed by atoms with Crippen LogP contribution in [0.4, 0.5) is 11.5 Å². The van der Waals surface area contributed by atoms with E-state index in [1.165, 1.54) is 11.8 Å². The molecule has 0 saturated carbocycles. The molecule has 3 rings (SSSR count). The number of hydrogen-bond donors (Lipinski definition) is 2. The zero-order chi connectivity index (χ0) is 23.3. The average molecular weight is 471 g/mol. The molecule has 32 heavy (non-hydrogen) atoms. The van der Waals surface area contributed by atoms with E-state index in [2.05, 4.69) is 72.7 Å². The van der Waals surface area contributed by atoms with Gasteiger partial charge in [-0.15, -0.1) is 0 Å². The Labute approximate surface area is 199 Å². The number of nitrogens with zero attached hydrogens (tertiary/aromatic N) is 2. The number of pyridine rings is 1. The molecule has 0 unspecified atom stereocenters. The van der Waals surface area contributed by atoms with E-state index < -0.39 is 0 Å². The summed E-state index contributed by atoms with van der Waals surface area (Å²) < 4.78 is 0. The first-order valence-corrected chi connectivity index (χ1v) is 11.1. The lowest BCUT2D eigenvalue weighted by molar-refractivity contribution is 0.102.